The summed E-state index contributed by atoms with van der Waals surface area (Å²) in [7, 11) is 0. The first-order valence-corrected chi connectivity index (χ1v) is 19.1. The summed E-state index contributed by atoms with van der Waals surface area (Å²) in [5.41, 5.74) is 0.733. The summed E-state index contributed by atoms with van der Waals surface area (Å²) in [6.07, 6.45) is 7.66. The van der Waals surface area contributed by atoms with Crippen LogP contribution in [0.2, 0.25) is 0 Å². The molecular weight excluding hydrogens is 678 g/mol. The quantitative estimate of drug-likeness (QED) is 0.0936. The molecule has 0 spiro atoms. The molecule has 14 nitrogen and oxygen atoms in total. The van der Waals surface area contributed by atoms with Gasteiger partial charge in [0.15, 0.2) is 0 Å². The first kappa shape index (κ1) is 48.1. The Labute approximate surface area is 312 Å². The van der Waals surface area contributed by atoms with Crippen LogP contribution in [0.15, 0.2) is 24.3 Å². The third kappa shape index (κ3) is 36.4. The van der Waals surface area contributed by atoms with Crippen molar-refractivity contribution in [2.45, 2.75) is 52.4 Å². The standard InChI is InChI=1S/C38H69NO13/c1-3-4-5-6-7-8-13-41-14-15-42-16-17-43-18-19-44-20-21-45-22-23-46-24-25-47-26-27-48-28-29-49-30-31-50-32-33-51-34-35-52-38-11-9-37(10-12-38)39-36(2)40/h9-12H,3-8,13-35H2,1-2H3,(H,39,40). The SMILES string of the molecule is CCCCCCCCOCCOCCOCCOCCOCCOCCOCCOCCOCCOCCOCCOc1ccc(NC(C)=O)cc1. The van der Waals surface area contributed by atoms with E-state index in [1.165, 1.54) is 39.0 Å². The second-order valence-corrected chi connectivity index (χ2v) is 11.6. The lowest BCUT2D eigenvalue weighted by Gasteiger charge is -2.09. The van der Waals surface area contributed by atoms with Crippen LogP contribution in [0.3, 0.4) is 0 Å². The number of hydrogen-bond acceptors (Lipinski definition) is 13. The fourth-order valence-electron chi connectivity index (χ4n) is 4.34. The summed E-state index contributed by atoms with van der Waals surface area (Å²) < 4.78 is 66.2. The molecule has 0 saturated carbocycles. The van der Waals surface area contributed by atoms with Crippen molar-refractivity contribution in [1.29, 1.82) is 0 Å². The van der Waals surface area contributed by atoms with Gasteiger partial charge in [-0.15, -0.1) is 0 Å². The van der Waals surface area contributed by atoms with Crippen LogP contribution in [-0.2, 0) is 56.9 Å². The van der Waals surface area contributed by atoms with Gasteiger partial charge < -0.3 is 62.2 Å². The lowest BCUT2D eigenvalue weighted by atomic mass is 10.1. The number of rotatable bonds is 42. The monoisotopic (exact) mass is 747 g/mol. The molecule has 304 valence electrons. The maximum Gasteiger partial charge on any atom is 0.221 e. The van der Waals surface area contributed by atoms with E-state index < -0.39 is 0 Å². The van der Waals surface area contributed by atoms with Crippen LogP contribution in [0.1, 0.15) is 52.4 Å². The van der Waals surface area contributed by atoms with E-state index >= 15 is 0 Å². The minimum absolute atomic E-state index is 0.107. The number of anilines is 1. The summed E-state index contributed by atoms with van der Waals surface area (Å²) in [5.74, 6) is 0.611. The number of ether oxygens (including phenoxy) is 12. The Morgan fingerprint density at radius 3 is 1.02 bits per heavy atom. The van der Waals surface area contributed by atoms with Gasteiger partial charge in [-0.3, -0.25) is 4.79 Å². The topological polar surface area (TPSA) is 140 Å². The van der Waals surface area contributed by atoms with Gasteiger partial charge in [-0.2, -0.15) is 0 Å². The van der Waals surface area contributed by atoms with Crippen molar-refractivity contribution in [2.24, 2.45) is 0 Å². The van der Waals surface area contributed by atoms with Gasteiger partial charge in [-0.1, -0.05) is 39.0 Å². The van der Waals surface area contributed by atoms with E-state index in [1.54, 1.807) is 24.3 Å². The van der Waals surface area contributed by atoms with Crippen LogP contribution in [0, 0.1) is 0 Å². The van der Waals surface area contributed by atoms with Gasteiger partial charge in [-0.25, -0.2) is 0 Å². The van der Waals surface area contributed by atoms with Crippen LogP contribution in [0.4, 0.5) is 5.69 Å². The number of carbonyl (C=O) groups excluding carboxylic acids is 1. The van der Waals surface area contributed by atoms with Crippen molar-refractivity contribution in [3.63, 3.8) is 0 Å². The smallest absolute Gasteiger partial charge is 0.221 e. The zero-order valence-corrected chi connectivity index (χ0v) is 32.1. The third-order valence-electron chi connectivity index (χ3n) is 7.03. The highest BCUT2D eigenvalue weighted by Crippen LogP contribution is 2.15. The largest absolute Gasteiger partial charge is 0.491 e. The number of hydrogen-bond donors (Lipinski definition) is 1. The maximum absolute atomic E-state index is 11.0. The van der Waals surface area contributed by atoms with Gasteiger partial charge in [-0.05, 0) is 30.7 Å². The second kappa shape index (κ2) is 40.2. The van der Waals surface area contributed by atoms with E-state index in [4.69, 9.17) is 56.8 Å². The lowest BCUT2D eigenvalue weighted by Crippen LogP contribution is -2.15. The molecule has 0 aliphatic rings. The summed E-state index contributed by atoms with van der Waals surface area (Å²) in [5, 5.41) is 2.71. The van der Waals surface area contributed by atoms with Gasteiger partial charge in [0.05, 0.1) is 139 Å². The van der Waals surface area contributed by atoms with Gasteiger partial charge in [0, 0.05) is 19.2 Å². The molecule has 1 N–H and O–H groups in total. The summed E-state index contributed by atoms with van der Waals surface area (Å²) in [6, 6.07) is 7.18. The molecule has 1 rings (SSSR count). The summed E-state index contributed by atoms with van der Waals surface area (Å²) in [4.78, 5) is 11.0. The molecule has 0 heterocycles. The molecule has 52 heavy (non-hydrogen) atoms. The Kier molecular flexibility index (Phi) is 37.2. The molecule has 0 fully saturated rings. The second-order valence-electron chi connectivity index (χ2n) is 11.6. The van der Waals surface area contributed by atoms with Crippen molar-refractivity contribution in [2.75, 3.05) is 157 Å². The predicted octanol–water partition coefficient (Wildman–Crippen LogP) is 4.57. The predicted molar refractivity (Wildman–Crippen MR) is 199 cm³/mol. The highest BCUT2D eigenvalue weighted by atomic mass is 16.6. The third-order valence-corrected chi connectivity index (χ3v) is 7.03. The first-order chi connectivity index (χ1) is 25.7. The molecule has 1 amide bonds. The Morgan fingerprint density at radius 2 is 0.692 bits per heavy atom. The number of amides is 1. The van der Waals surface area contributed by atoms with Crippen LogP contribution >= 0.6 is 0 Å². The average molecular weight is 748 g/mol. The van der Waals surface area contributed by atoms with E-state index in [0.717, 1.165) is 24.5 Å². The van der Waals surface area contributed by atoms with Crippen molar-refractivity contribution in [3.8, 4) is 5.75 Å². The summed E-state index contributed by atoms with van der Waals surface area (Å²) in [6.45, 7) is 15.9. The number of carbonyl (C=O) groups is 1. The molecule has 0 saturated heterocycles. The Morgan fingerprint density at radius 1 is 0.404 bits per heavy atom. The van der Waals surface area contributed by atoms with Crippen molar-refractivity contribution >= 4 is 11.6 Å². The van der Waals surface area contributed by atoms with Gasteiger partial charge >= 0.3 is 0 Å². The van der Waals surface area contributed by atoms with E-state index in [2.05, 4.69) is 12.2 Å². The van der Waals surface area contributed by atoms with E-state index in [9.17, 15) is 4.79 Å². The fourth-order valence-corrected chi connectivity index (χ4v) is 4.34. The molecule has 0 radical (unpaired) electrons. The average Bonchev–Trinajstić information content (AvgIpc) is 3.14. The fraction of sp³-hybridized carbons (Fsp3) is 0.816. The molecule has 0 unspecified atom stereocenters. The highest BCUT2D eigenvalue weighted by molar-refractivity contribution is 5.88. The molecule has 0 aliphatic carbocycles. The number of benzene rings is 1. The molecule has 0 aliphatic heterocycles. The van der Waals surface area contributed by atoms with Crippen LogP contribution < -0.4 is 10.1 Å². The van der Waals surface area contributed by atoms with E-state index in [-0.39, 0.29) is 5.91 Å². The molecule has 0 atom stereocenters. The Bertz CT molecular complexity index is 866. The van der Waals surface area contributed by atoms with Crippen molar-refractivity contribution in [3.05, 3.63) is 24.3 Å². The van der Waals surface area contributed by atoms with Gasteiger partial charge in [0.25, 0.3) is 0 Å². The lowest BCUT2D eigenvalue weighted by molar-refractivity contribution is -0.114. The molecule has 14 heteroatoms. The Balaban J connectivity index is 1.64. The van der Waals surface area contributed by atoms with E-state index in [0.29, 0.717) is 145 Å². The van der Waals surface area contributed by atoms with Gasteiger partial charge in [0.2, 0.25) is 5.91 Å². The zero-order chi connectivity index (χ0) is 37.3. The molecule has 0 bridgehead atoms. The number of nitrogens with one attached hydrogen (secondary N) is 1. The van der Waals surface area contributed by atoms with Crippen molar-refractivity contribution in [1.82, 2.24) is 0 Å². The highest BCUT2D eigenvalue weighted by Gasteiger charge is 1.99. The Hall–Kier alpha value is -1.95. The molecule has 1 aromatic carbocycles. The normalized spacial score (nSPS) is 11.3. The minimum Gasteiger partial charge on any atom is -0.491 e. The van der Waals surface area contributed by atoms with Crippen LogP contribution in [0.5, 0.6) is 5.75 Å². The minimum atomic E-state index is -0.107. The van der Waals surface area contributed by atoms with Crippen molar-refractivity contribution < 1.29 is 61.6 Å². The number of unbranched alkanes of at least 4 members (excludes halogenated alkanes) is 5. The molecule has 0 aromatic heterocycles. The van der Waals surface area contributed by atoms with E-state index in [1.807, 2.05) is 0 Å². The molecule has 1 aromatic rings. The van der Waals surface area contributed by atoms with Crippen LogP contribution in [-0.4, -0.2) is 158 Å². The maximum atomic E-state index is 11.0. The zero-order valence-electron chi connectivity index (χ0n) is 32.1. The van der Waals surface area contributed by atoms with Gasteiger partial charge in [0.1, 0.15) is 12.4 Å². The van der Waals surface area contributed by atoms with Crippen LogP contribution in [0.25, 0.3) is 0 Å². The first-order valence-electron chi connectivity index (χ1n) is 19.1. The molecular formula is C38H69NO13. The summed E-state index contributed by atoms with van der Waals surface area (Å²) >= 11 is 0.